The van der Waals surface area contributed by atoms with Crippen molar-refractivity contribution < 1.29 is 36.2 Å². The lowest BCUT2D eigenvalue weighted by Crippen LogP contribution is -2.06. The molecule has 156 valence electrons. The van der Waals surface area contributed by atoms with Crippen molar-refractivity contribution in [2.24, 2.45) is 0 Å². The first-order valence-electron chi connectivity index (χ1n) is 7.17. The lowest BCUT2D eigenvalue weighted by Gasteiger charge is -2.06. The molecule has 0 aliphatic heterocycles. The van der Waals surface area contributed by atoms with Crippen LogP contribution >= 0.6 is 15.9 Å². The largest absolute Gasteiger partial charge is 0.416 e. The predicted molar refractivity (Wildman–Crippen MR) is 94.0 cm³/mol. The summed E-state index contributed by atoms with van der Waals surface area (Å²) in [4.78, 5) is 19.0. The molecule has 2 rings (SSSR count). The zero-order chi connectivity index (χ0) is 22.6. The summed E-state index contributed by atoms with van der Waals surface area (Å²) in [5, 5.41) is 20.8. The molecule has 0 aliphatic carbocycles. The molecule has 0 heterocycles. The summed E-state index contributed by atoms with van der Waals surface area (Å²) < 4.78 is 73.1. The van der Waals surface area contributed by atoms with E-state index in [-0.39, 0.29) is 10.0 Å². The average molecular weight is 487 g/mol. The Hall–Kier alpha value is -2.96. The molecule has 2 aromatic carbocycles. The fourth-order valence-corrected chi connectivity index (χ4v) is 2.27. The van der Waals surface area contributed by atoms with E-state index in [2.05, 4.69) is 22.5 Å². The highest BCUT2D eigenvalue weighted by Gasteiger charge is 2.33. The molecule has 0 aliphatic rings. The number of hydrogen-bond acceptors (Lipinski definition) is 4. The van der Waals surface area contributed by atoms with Crippen molar-refractivity contribution in [1.82, 2.24) is 0 Å². The van der Waals surface area contributed by atoms with E-state index in [1.807, 2.05) is 0 Å². The molecular weight excluding hydrogens is 478 g/mol. The molecular formula is C16H9BrF6N2O4. The van der Waals surface area contributed by atoms with Crippen LogP contribution in [-0.4, -0.2) is 9.85 Å². The van der Waals surface area contributed by atoms with Crippen LogP contribution in [0.2, 0.25) is 0 Å². The van der Waals surface area contributed by atoms with Crippen LogP contribution in [0.5, 0.6) is 0 Å². The van der Waals surface area contributed by atoms with E-state index in [4.69, 9.17) is 0 Å². The third-order valence-corrected chi connectivity index (χ3v) is 3.92. The third kappa shape index (κ3) is 6.55. The van der Waals surface area contributed by atoms with Gasteiger partial charge in [-0.05, 0) is 40.2 Å². The van der Waals surface area contributed by atoms with Gasteiger partial charge in [-0.25, -0.2) is 0 Å². The van der Waals surface area contributed by atoms with E-state index < -0.39 is 44.7 Å². The highest BCUT2D eigenvalue weighted by molar-refractivity contribution is 9.10. The van der Waals surface area contributed by atoms with E-state index in [1.54, 1.807) is 0 Å². The molecule has 13 heteroatoms. The lowest BCUT2D eigenvalue weighted by atomic mass is 10.1. The van der Waals surface area contributed by atoms with Gasteiger partial charge in [0.15, 0.2) is 0 Å². The van der Waals surface area contributed by atoms with E-state index in [0.717, 1.165) is 30.3 Å². The van der Waals surface area contributed by atoms with Crippen LogP contribution in [0.15, 0.2) is 47.4 Å². The van der Waals surface area contributed by atoms with Gasteiger partial charge in [-0.2, -0.15) is 26.3 Å². The Bertz CT molecular complexity index is 944. The minimum Gasteiger partial charge on any atom is -0.258 e. The first-order valence-corrected chi connectivity index (χ1v) is 7.97. The first kappa shape index (κ1) is 24.1. The minimum absolute atomic E-state index is 0.0236. The molecule has 2 aromatic rings. The third-order valence-electron chi connectivity index (χ3n) is 3.24. The Morgan fingerprint density at radius 1 is 0.828 bits per heavy atom. The van der Waals surface area contributed by atoms with Crippen molar-refractivity contribution in [3.05, 3.63) is 84.4 Å². The highest BCUT2D eigenvalue weighted by Crippen LogP contribution is 2.35. The van der Waals surface area contributed by atoms with Gasteiger partial charge in [-0.1, -0.05) is 12.7 Å². The van der Waals surface area contributed by atoms with Crippen molar-refractivity contribution in [3.8, 4) is 0 Å². The van der Waals surface area contributed by atoms with Gasteiger partial charge < -0.3 is 0 Å². The Labute approximate surface area is 166 Å². The van der Waals surface area contributed by atoms with E-state index >= 15 is 0 Å². The van der Waals surface area contributed by atoms with Gasteiger partial charge in [-0.15, -0.1) is 0 Å². The number of halogens is 7. The smallest absolute Gasteiger partial charge is 0.258 e. The maximum absolute atomic E-state index is 12.2. The summed E-state index contributed by atoms with van der Waals surface area (Å²) in [7, 11) is 0. The molecule has 0 saturated carbocycles. The molecule has 0 atom stereocenters. The normalized spacial score (nSPS) is 11.3. The Morgan fingerprint density at radius 2 is 1.24 bits per heavy atom. The van der Waals surface area contributed by atoms with Crippen molar-refractivity contribution in [2.75, 3.05) is 0 Å². The van der Waals surface area contributed by atoms with Crippen LogP contribution in [-0.2, 0) is 12.4 Å². The number of nitro benzene ring substituents is 2. The first-order chi connectivity index (χ1) is 13.2. The van der Waals surface area contributed by atoms with Gasteiger partial charge in [-0.3, -0.25) is 20.2 Å². The number of benzene rings is 2. The Morgan fingerprint density at radius 3 is 1.62 bits per heavy atom. The van der Waals surface area contributed by atoms with Crippen molar-refractivity contribution in [3.63, 3.8) is 0 Å². The standard InChI is InChI=1S/C9H6F3NO2.C7H3BrF3NO2/c1-2-6-3-4-7(9(10,11)12)5-8(6)13(14)15;8-5-2-1-4(7(9,10)11)3-6(5)12(13)14/h2-5H,1H2;1-3H. The maximum Gasteiger partial charge on any atom is 0.416 e. The van der Waals surface area contributed by atoms with E-state index in [9.17, 15) is 46.6 Å². The van der Waals surface area contributed by atoms with Crippen LogP contribution in [0.1, 0.15) is 16.7 Å². The summed E-state index contributed by atoms with van der Waals surface area (Å²) >= 11 is 2.79. The highest BCUT2D eigenvalue weighted by atomic mass is 79.9. The molecule has 0 radical (unpaired) electrons. The molecule has 0 bridgehead atoms. The molecule has 0 saturated heterocycles. The molecule has 6 nitrogen and oxygen atoms in total. The molecule has 0 N–H and O–H groups in total. The maximum atomic E-state index is 12.2. The van der Waals surface area contributed by atoms with Gasteiger partial charge in [0.25, 0.3) is 11.4 Å². The Kier molecular flexibility index (Phi) is 7.49. The minimum atomic E-state index is -4.58. The summed E-state index contributed by atoms with van der Waals surface area (Å²) in [5.41, 5.74) is -3.21. The van der Waals surface area contributed by atoms with Crippen molar-refractivity contribution >= 4 is 33.4 Å². The number of alkyl halides is 6. The SMILES string of the molecule is C=Cc1ccc(C(F)(F)F)cc1[N+](=O)[O-].O=[N+]([O-])c1cc(C(F)(F)F)ccc1Br. The second-order valence-corrected chi connectivity index (χ2v) is 6.01. The van der Waals surface area contributed by atoms with Crippen LogP contribution in [0.25, 0.3) is 6.08 Å². The summed E-state index contributed by atoms with van der Waals surface area (Å²) in [6.07, 6.45) is -8.01. The van der Waals surface area contributed by atoms with E-state index in [1.165, 1.54) is 0 Å². The molecule has 0 aromatic heterocycles. The molecule has 29 heavy (non-hydrogen) atoms. The fourth-order valence-electron chi connectivity index (χ4n) is 1.88. The lowest BCUT2D eigenvalue weighted by molar-refractivity contribution is -0.385. The summed E-state index contributed by atoms with van der Waals surface area (Å²) in [5.74, 6) is 0. The van der Waals surface area contributed by atoms with Crippen LogP contribution in [0, 0.1) is 20.2 Å². The van der Waals surface area contributed by atoms with Gasteiger partial charge in [0.05, 0.1) is 31.0 Å². The average Bonchev–Trinajstić information content (AvgIpc) is 2.60. The second-order valence-electron chi connectivity index (χ2n) is 5.15. The van der Waals surface area contributed by atoms with Crippen LogP contribution in [0.3, 0.4) is 0 Å². The monoisotopic (exact) mass is 486 g/mol. The summed E-state index contributed by atoms with van der Waals surface area (Å²) in [6, 6.07) is 4.57. The quantitative estimate of drug-likeness (QED) is 0.276. The van der Waals surface area contributed by atoms with Gasteiger partial charge >= 0.3 is 12.4 Å². The zero-order valence-electron chi connectivity index (χ0n) is 13.9. The van der Waals surface area contributed by atoms with Crippen LogP contribution in [0.4, 0.5) is 37.7 Å². The Balaban J connectivity index is 0.000000291. The van der Waals surface area contributed by atoms with Crippen molar-refractivity contribution in [2.45, 2.75) is 12.4 Å². The number of hydrogen-bond donors (Lipinski definition) is 0. The van der Waals surface area contributed by atoms with Crippen LogP contribution < -0.4 is 0 Å². The van der Waals surface area contributed by atoms with Gasteiger partial charge in [0, 0.05) is 12.1 Å². The predicted octanol–water partition coefficient (Wildman–Crippen LogP) is 6.63. The van der Waals surface area contributed by atoms with Gasteiger partial charge in [0.1, 0.15) is 0 Å². The number of rotatable bonds is 3. The summed E-state index contributed by atoms with van der Waals surface area (Å²) in [6.45, 7) is 3.28. The second kappa shape index (κ2) is 9.03. The topological polar surface area (TPSA) is 86.3 Å². The molecule has 0 spiro atoms. The van der Waals surface area contributed by atoms with Crippen molar-refractivity contribution in [1.29, 1.82) is 0 Å². The fraction of sp³-hybridized carbons (Fsp3) is 0.125. The zero-order valence-corrected chi connectivity index (χ0v) is 15.5. The van der Waals surface area contributed by atoms with Gasteiger partial charge in [0.2, 0.25) is 0 Å². The molecule has 0 fully saturated rings. The number of nitrogens with zero attached hydrogens (tertiary/aromatic N) is 2. The van der Waals surface area contributed by atoms with E-state index in [0.29, 0.717) is 12.1 Å². The number of nitro groups is 2. The molecule has 0 amide bonds. The molecule has 0 unspecified atom stereocenters.